The Hall–Kier alpha value is -2.74. The van der Waals surface area contributed by atoms with Crippen molar-refractivity contribution in [3.8, 4) is 11.3 Å². The van der Waals surface area contributed by atoms with Crippen LogP contribution in [0.4, 0.5) is 5.69 Å². The van der Waals surface area contributed by atoms with Crippen molar-refractivity contribution in [2.75, 3.05) is 18.4 Å². The summed E-state index contributed by atoms with van der Waals surface area (Å²) in [6.07, 6.45) is 3.18. The molecule has 2 aromatic rings. The van der Waals surface area contributed by atoms with Crippen molar-refractivity contribution in [3.63, 3.8) is 0 Å². The van der Waals surface area contributed by atoms with Gasteiger partial charge in [-0.15, -0.1) is 0 Å². The first kappa shape index (κ1) is 16.1. The molecule has 1 aliphatic heterocycles. The number of anilines is 1. The second-order valence-electron chi connectivity index (χ2n) is 5.01. The van der Waals surface area contributed by atoms with Crippen LogP contribution in [0.25, 0.3) is 11.3 Å². The summed E-state index contributed by atoms with van der Waals surface area (Å²) in [5.41, 5.74) is -0.0751. The van der Waals surface area contributed by atoms with Crippen molar-refractivity contribution >= 4 is 22.5 Å². The summed E-state index contributed by atoms with van der Waals surface area (Å²) in [6.45, 7) is 1.74. The minimum atomic E-state index is -1.57. The van der Waals surface area contributed by atoms with Crippen molar-refractivity contribution < 1.29 is 8.63 Å². The normalized spacial score (nSPS) is 17.0. The highest BCUT2D eigenvalue weighted by Crippen LogP contribution is 2.37. The van der Waals surface area contributed by atoms with Crippen LogP contribution < -0.4 is 15.6 Å². The Morgan fingerprint density at radius 1 is 1.29 bits per heavy atom. The van der Waals surface area contributed by atoms with Crippen LogP contribution in [0.5, 0.6) is 0 Å². The van der Waals surface area contributed by atoms with Gasteiger partial charge in [-0.3, -0.25) is 14.1 Å². The first-order valence-electron chi connectivity index (χ1n) is 7.16. The van der Waals surface area contributed by atoms with Crippen molar-refractivity contribution in [2.24, 2.45) is 4.99 Å². The Kier molecular flexibility index (Phi) is 4.06. The number of allylic oxidation sites excluding steroid dienone is 2. The Morgan fingerprint density at radius 3 is 2.67 bits per heavy atom. The second-order valence-corrected chi connectivity index (χ2v) is 6.50. The van der Waals surface area contributed by atoms with Gasteiger partial charge in [0, 0.05) is 19.7 Å². The molecule has 0 spiro atoms. The van der Waals surface area contributed by atoms with Gasteiger partial charge in [-0.05, 0) is 25.1 Å². The molecule has 7 nitrogen and oxygen atoms in total. The molecule has 1 aromatic carbocycles. The van der Waals surface area contributed by atoms with Gasteiger partial charge in [-0.2, -0.15) is 4.57 Å². The molecule has 0 N–H and O–H groups in total. The van der Waals surface area contributed by atoms with Crippen LogP contribution in [-0.4, -0.2) is 28.7 Å². The average Bonchev–Trinajstić information content (AvgIpc) is 2.58. The van der Waals surface area contributed by atoms with Crippen LogP contribution >= 0.6 is 0 Å². The third-order valence-electron chi connectivity index (χ3n) is 3.65. The van der Waals surface area contributed by atoms with Crippen LogP contribution in [-0.2, 0) is 11.0 Å². The molecule has 0 bridgehead atoms. The SMILES string of the molecule is C/C=C\C(=NC)n1c(=O)oc2c(c1=O)N(C)S(=O)c1ccccc1-2. The Bertz CT molecular complexity index is 1020. The summed E-state index contributed by atoms with van der Waals surface area (Å²) in [7, 11) is 1.43. The molecule has 1 aliphatic rings. The highest BCUT2D eigenvalue weighted by Gasteiger charge is 2.32. The summed E-state index contributed by atoms with van der Waals surface area (Å²) >= 11 is 0. The minimum absolute atomic E-state index is 0.0669. The maximum Gasteiger partial charge on any atom is 0.428 e. The third kappa shape index (κ3) is 2.26. The van der Waals surface area contributed by atoms with Crippen LogP contribution in [0.15, 0.2) is 60.3 Å². The topological polar surface area (TPSA) is 84.9 Å². The summed E-state index contributed by atoms with van der Waals surface area (Å²) in [6, 6.07) is 6.82. The standard InChI is InChI=1S/C16H15N3O4S/c1-4-7-12(17-2)19-15(20)13-14(23-16(19)21)10-8-5-6-9-11(10)24(22)18(13)3/h4-9H,1-3H3/b7-4-,17-12?. The smallest absolute Gasteiger partial charge is 0.406 e. The molecule has 1 unspecified atom stereocenters. The van der Waals surface area contributed by atoms with Crippen LogP contribution in [0, 0.1) is 0 Å². The van der Waals surface area contributed by atoms with Crippen LogP contribution in [0.3, 0.4) is 0 Å². The molecule has 0 amide bonds. The highest BCUT2D eigenvalue weighted by atomic mass is 32.2. The monoisotopic (exact) mass is 345 g/mol. The average molecular weight is 345 g/mol. The van der Waals surface area contributed by atoms with Gasteiger partial charge in [0.25, 0.3) is 5.56 Å². The van der Waals surface area contributed by atoms with Gasteiger partial charge in [0.2, 0.25) is 0 Å². The highest BCUT2D eigenvalue weighted by molar-refractivity contribution is 7.86. The zero-order valence-corrected chi connectivity index (χ0v) is 14.2. The van der Waals surface area contributed by atoms with E-state index in [1.54, 1.807) is 37.3 Å². The van der Waals surface area contributed by atoms with E-state index in [0.29, 0.717) is 10.5 Å². The number of hydrogen-bond acceptors (Lipinski definition) is 5. The summed E-state index contributed by atoms with van der Waals surface area (Å²) < 4.78 is 20.2. The predicted octanol–water partition coefficient (Wildman–Crippen LogP) is 1.39. The number of fused-ring (bicyclic) bond motifs is 3. The molecule has 124 valence electrons. The van der Waals surface area contributed by atoms with E-state index in [2.05, 4.69) is 4.99 Å². The minimum Gasteiger partial charge on any atom is -0.406 e. The Labute approximate surface area is 140 Å². The molecule has 0 saturated heterocycles. The first-order chi connectivity index (χ1) is 11.5. The molecule has 1 aromatic heterocycles. The Morgan fingerprint density at radius 2 is 2.00 bits per heavy atom. The third-order valence-corrected chi connectivity index (χ3v) is 5.06. The Balaban J connectivity index is 2.42. The van der Waals surface area contributed by atoms with Crippen molar-refractivity contribution in [1.29, 1.82) is 0 Å². The van der Waals surface area contributed by atoms with Gasteiger partial charge in [0.1, 0.15) is 5.84 Å². The van der Waals surface area contributed by atoms with E-state index in [1.807, 2.05) is 0 Å². The number of aliphatic imine (C=N–C) groups is 1. The number of aromatic nitrogens is 1. The lowest BCUT2D eigenvalue weighted by atomic mass is 10.1. The summed E-state index contributed by atoms with van der Waals surface area (Å²) in [5.74, 6) is -0.569. The summed E-state index contributed by atoms with van der Waals surface area (Å²) in [5, 5.41) is 0. The fourth-order valence-electron chi connectivity index (χ4n) is 2.56. The van der Waals surface area contributed by atoms with Crippen LogP contribution in [0.2, 0.25) is 0 Å². The maximum atomic E-state index is 12.9. The molecule has 24 heavy (non-hydrogen) atoms. The van der Waals surface area contributed by atoms with Crippen LogP contribution in [0.1, 0.15) is 6.92 Å². The lowest BCUT2D eigenvalue weighted by Crippen LogP contribution is -2.42. The largest absolute Gasteiger partial charge is 0.428 e. The number of rotatable bonds is 1. The number of benzene rings is 1. The molecule has 2 heterocycles. The van der Waals surface area contributed by atoms with Gasteiger partial charge in [-0.1, -0.05) is 18.2 Å². The lowest BCUT2D eigenvalue weighted by Gasteiger charge is -2.26. The van der Waals surface area contributed by atoms with Gasteiger partial charge in [0.05, 0.1) is 4.90 Å². The first-order valence-corrected chi connectivity index (χ1v) is 8.27. The van der Waals surface area contributed by atoms with E-state index in [1.165, 1.54) is 24.5 Å². The van der Waals surface area contributed by atoms with E-state index in [4.69, 9.17) is 4.42 Å². The predicted molar refractivity (Wildman–Crippen MR) is 93.1 cm³/mol. The van der Waals surface area contributed by atoms with Gasteiger partial charge in [0.15, 0.2) is 22.4 Å². The molecule has 0 radical (unpaired) electrons. The van der Waals surface area contributed by atoms with E-state index < -0.39 is 22.3 Å². The number of nitrogens with zero attached hydrogens (tertiary/aromatic N) is 3. The zero-order chi connectivity index (χ0) is 17.4. The van der Waals surface area contributed by atoms with Gasteiger partial charge in [-0.25, -0.2) is 9.00 Å². The molecule has 0 saturated carbocycles. The molecule has 1 atom stereocenters. The lowest BCUT2D eigenvalue weighted by molar-refractivity contribution is 0.477. The fourth-order valence-corrected chi connectivity index (χ4v) is 3.73. The maximum absolute atomic E-state index is 12.9. The van der Waals surface area contributed by atoms with Gasteiger partial charge >= 0.3 is 5.76 Å². The van der Waals surface area contributed by atoms with Crippen molar-refractivity contribution in [2.45, 2.75) is 11.8 Å². The van der Waals surface area contributed by atoms with E-state index in [9.17, 15) is 13.8 Å². The van der Waals surface area contributed by atoms with E-state index in [0.717, 1.165) is 4.57 Å². The number of hydrogen-bond donors (Lipinski definition) is 0. The fraction of sp³-hybridized carbons (Fsp3) is 0.188. The quantitative estimate of drug-likeness (QED) is 0.577. The molecule has 3 rings (SSSR count). The second kappa shape index (κ2) is 6.04. The molecule has 0 aliphatic carbocycles. The molecule has 8 heteroatoms. The summed E-state index contributed by atoms with van der Waals surface area (Å²) in [4.78, 5) is 29.7. The van der Waals surface area contributed by atoms with E-state index >= 15 is 0 Å². The molecular weight excluding hydrogens is 330 g/mol. The van der Waals surface area contributed by atoms with Gasteiger partial charge < -0.3 is 4.42 Å². The van der Waals surface area contributed by atoms with Crippen molar-refractivity contribution in [1.82, 2.24) is 4.57 Å². The van der Waals surface area contributed by atoms with Crippen molar-refractivity contribution in [3.05, 3.63) is 57.3 Å². The molecular formula is C16H15N3O4S. The zero-order valence-electron chi connectivity index (χ0n) is 13.3. The van der Waals surface area contributed by atoms with E-state index in [-0.39, 0.29) is 17.3 Å². The molecule has 0 fully saturated rings.